The third kappa shape index (κ3) is 3.16. The Balaban J connectivity index is 1.26. The molecule has 1 aliphatic carbocycles. The van der Waals surface area contributed by atoms with Gasteiger partial charge in [0.25, 0.3) is 0 Å². The molecule has 3 aliphatic rings. The van der Waals surface area contributed by atoms with E-state index in [-0.39, 0.29) is 0 Å². The standard InChI is InChI=1S/C44H27N3O/c1-4-16-33-29(13-1)30-26-25-28(27-36(30)44(33)34-17-5-11-23-41(34)48-42-24-12-6-18-35(42)44)46-38-20-8-2-14-31(38)32-15-3-9-21-39(32)47-40-22-10-7-19-37(40)45-43(46)47/h1-27H. The summed E-state index contributed by atoms with van der Waals surface area (Å²) in [5.74, 6) is 2.65. The van der Waals surface area contributed by atoms with Crippen LogP contribution in [0.1, 0.15) is 22.3 Å². The molecule has 11 rings (SSSR count). The van der Waals surface area contributed by atoms with Gasteiger partial charge >= 0.3 is 0 Å². The summed E-state index contributed by atoms with van der Waals surface area (Å²) in [6.45, 7) is 0. The molecule has 4 heteroatoms. The first-order chi connectivity index (χ1) is 23.8. The summed E-state index contributed by atoms with van der Waals surface area (Å²) in [7, 11) is 0. The molecule has 0 radical (unpaired) electrons. The Morgan fingerprint density at radius 1 is 0.458 bits per heavy atom. The summed E-state index contributed by atoms with van der Waals surface area (Å²) < 4.78 is 8.92. The van der Waals surface area contributed by atoms with Crippen molar-refractivity contribution in [1.29, 1.82) is 0 Å². The first-order valence-corrected chi connectivity index (χ1v) is 16.4. The molecule has 0 atom stereocenters. The van der Waals surface area contributed by atoms with E-state index in [1.165, 1.54) is 33.4 Å². The molecule has 0 saturated heterocycles. The lowest BCUT2D eigenvalue weighted by molar-refractivity contribution is 0.436. The van der Waals surface area contributed by atoms with Gasteiger partial charge in [-0.3, -0.25) is 9.47 Å². The van der Waals surface area contributed by atoms with Gasteiger partial charge in [0.2, 0.25) is 5.95 Å². The number of hydrogen-bond acceptors (Lipinski definition) is 3. The smallest absolute Gasteiger partial charge is 0.220 e. The van der Waals surface area contributed by atoms with Crippen LogP contribution >= 0.6 is 0 Å². The number of aromatic nitrogens is 2. The van der Waals surface area contributed by atoms with Crippen molar-refractivity contribution < 1.29 is 4.74 Å². The molecule has 0 amide bonds. The number of benzene rings is 7. The molecule has 0 fully saturated rings. The minimum absolute atomic E-state index is 0.554. The highest BCUT2D eigenvalue weighted by Gasteiger charge is 2.51. The van der Waals surface area contributed by atoms with E-state index in [1.807, 2.05) is 0 Å². The van der Waals surface area contributed by atoms with E-state index in [4.69, 9.17) is 9.72 Å². The van der Waals surface area contributed by atoms with E-state index >= 15 is 0 Å². The van der Waals surface area contributed by atoms with Crippen molar-refractivity contribution in [1.82, 2.24) is 9.55 Å². The number of imidazole rings is 1. The largest absolute Gasteiger partial charge is 0.457 e. The van der Waals surface area contributed by atoms with Crippen LogP contribution < -0.4 is 9.64 Å². The number of ether oxygens (including phenoxy) is 1. The predicted molar refractivity (Wildman–Crippen MR) is 192 cm³/mol. The van der Waals surface area contributed by atoms with Crippen molar-refractivity contribution >= 4 is 28.4 Å². The molecule has 224 valence electrons. The second kappa shape index (κ2) is 9.34. The summed E-state index contributed by atoms with van der Waals surface area (Å²) in [6, 6.07) is 58.7. The lowest BCUT2D eigenvalue weighted by atomic mass is 9.66. The van der Waals surface area contributed by atoms with Crippen LogP contribution in [-0.4, -0.2) is 9.55 Å². The number of rotatable bonds is 1. The van der Waals surface area contributed by atoms with Gasteiger partial charge in [0.05, 0.1) is 27.8 Å². The predicted octanol–water partition coefficient (Wildman–Crippen LogP) is 10.9. The molecule has 0 bridgehead atoms. The quantitative estimate of drug-likeness (QED) is 0.185. The highest BCUT2D eigenvalue weighted by molar-refractivity contribution is 5.98. The molecular weight excluding hydrogens is 587 g/mol. The fourth-order valence-corrected chi connectivity index (χ4v) is 8.54. The van der Waals surface area contributed by atoms with Crippen LogP contribution in [0.5, 0.6) is 11.5 Å². The average molecular weight is 614 g/mol. The molecule has 0 unspecified atom stereocenters. The van der Waals surface area contributed by atoms with E-state index in [9.17, 15) is 0 Å². The second-order valence-corrected chi connectivity index (χ2v) is 12.7. The Bertz CT molecular complexity index is 2590. The normalized spacial score (nSPS) is 14.1. The van der Waals surface area contributed by atoms with Crippen molar-refractivity contribution in [2.45, 2.75) is 5.41 Å². The number of fused-ring (bicyclic) bond motifs is 16. The maximum Gasteiger partial charge on any atom is 0.220 e. The highest BCUT2D eigenvalue weighted by atomic mass is 16.5. The second-order valence-electron chi connectivity index (χ2n) is 12.7. The van der Waals surface area contributed by atoms with E-state index in [0.717, 1.165) is 56.7 Å². The Hall–Kier alpha value is -6.39. The summed E-state index contributed by atoms with van der Waals surface area (Å²) in [4.78, 5) is 7.70. The van der Waals surface area contributed by atoms with Crippen molar-refractivity contribution in [3.8, 4) is 39.4 Å². The fraction of sp³-hybridized carbons (Fsp3) is 0.0227. The average Bonchev–Trinajstić information content (AvgIpc) is 3.62. The number of nitrogens with zero attached hydrogens (tertiary/aromatic N) is 3. The van der Waals surface area contributed by atoms with Crippen molar-refractivity contribution in [2.75, 3.05) is 4.90 Å². The van der Waals surface area contributed by atoms with Gasteiger partial charge in [-0.05, 0) is 70.8 Å². The summed E-state index contributed by atoms with van der Waals surface area (Å²) in [5.41, 5.74) is 14.4. The van der Waals surface area contributed by atoms with Gasteiger partial charge in [0.15, 0.2) is 0 Å². The molecule has 1 spiro atoms. The molecular formula is C44H27N3O. The SMILES string of the molecule is c1ccc2c(c1)Oc1ccccc1C21c2ccccc2-c2ccc(N3c4ccccc4-c4ccccc4-n4c3nc3ccccc34)cc21. The molecule has 4 nitrogen and oxygen atoms in total. The van der Waals surface area contributed by atoms with Gasteiger partial charge in [-0.2, -0.15) is 0 Å². The third-order valence-corrected chi connectivity index (χ3v) is 10.4. The topological polar surface area (TPSA) is 30.3 Å². The van der Waals surface area contributed by atoms with Gasteiger partial charge in [-0.1, -0.05) is 115 Å². The van der Waals surface area contributed by atoms with Crippen LogP contribution in [-0.2, 0) is 5.41 Å². The van der Waals surface area contributed by atoms with Gasteiger partial charge in [-0.25, -0.2) is 4.98 Å². The number of hydrogen-bond donors (Lipinski definition) is 0. The summed E-state index contributed by atoms with van der Waals surface area (Å²) >= 11 is 0. The van der Waals surface area contributed by atoms with Crippen LogP contribution in [0, 0.1) is 0 Å². The van der Waals surface area contributed by atoms with Crippen molar-refractivity contribution in [2.24, 2.45) is 0 Å². The Kier molecular flexibility index (Phi) is 5.01. The van der Waals surface area contributed by atoms with E-state index < -0.39 is 5.41 Å². The molecule has 8 aromatic rings. The molecule has 48 heavy (non-hydrogen) atoms. The molecule has 0 N–H and O–H groups in total. The minimum Gasteiger partial charge on any atom is -0.457 e. The van der Waals surface area contributed by atoms with Crippen LogP contribution in [0.2, 0.25) is 0 Å². The van der Waals surface area contributed by atoms with Gasteiger partial charge in [0.1, 0.15) is 11.5 Å². The van der Waals surface area contributed by atoms with Crippen LogP contribution in [0.25, 0.3) is 39.0 Å². The Morgan fingerprint density at radius 3 is 1.79 bits per heavy atom. The highest BCUT2D eigenvalue weighted by Crippen LogP contribution is 2.63. The van der Waals surface area contributed by atoms with Gasteiger partial charge < -0.3 is 4.74 Å². The Labute approximate surface area is 277 Å². The number of anilines is 3. The van der Waals surface area contributed by atoms with E-state index in [1.54, 1.807) is 0 Å². The minimum atomic E-state index is -0.554. The van der Waals surface area contributed by atoms with Crippen LogP contribution in [0.15, 0.2) is 164 Å². The molecule has 2 aliphatic heterocycles. The lowest BCUT2D eigenvalue weighted by Crippen LogP contribution is -2.32. The zero-order chi connectivity index (χ0) is 31.4. The van der Waals surface area contributed by atoms with Crippen molar-refractivity contribution in [3.63, 3.8) is 0 Å². The maximum absolute atomic E-state index is 6.60. The van der Waals surface area contributed by atoms with Gasteiger partial charge in [0, 0.05) is 27.9 Å². The van der Waals surface area contributed by atoms with Gasteiger partial charge in [-0.15, -0.1) is 0 Å². The van der Waals surface area contributed by atoms with E-state index in [0.29, 0.717) is 0 Å². The maximum atomic E-state index is 6.60. The summed E-state index contributed by atoms with van der Waals surface area (Å²) in [6.07, 6.45) is 0. The van der Waals surface area contributed by atoms with Crippen LogP contribution in [0.4, 0.5) is 17.3 Å². The summed E-state index contributed by atoms with van der Waals surface area (Å²) in [5, 5.41) is 0. The zero-order valence-corrected chi connectivity index (χ0v) is 25.8. The molecule has 1 aromatic heterocycles. The van der Waals surface area contributed by atoms with Crippen LogP contribution in [0.3, 0.4) is 0 Å². The first-order valence-electron chi connectivity index (χ1n) is 16.4. The monoisotopic (exact) mass is 613 g/mol. The number of para-hydroxylation sites is 6. The molecule has 3 heterocycles. The zero-order valence-electron chi connectivity index (χ0n) is 25.8. The van der Waals surface area contributed by atoms with E-state index in [2.05, 4.69) is 173 Å². The van der Waals surface area contributed by atoms with Crippen molar-refractivity contribution in [3.05, 3.63) is 186 Å². The third-order valence-electron chi connectivity index (χ3n) is 10.4. The molecule has 7 aromatic carbocycles. The lowest BCUT2D eigenvalue weighted by Gasteiger charge is -2.39. The molecule has 0 saturated carbocycles. The first kappa shape index (κ1) is 25.8. The Morgan fingerprint density at radius 2 is 1.02 bits per heavy atom. The fourth-order valence-electron chi connectivity index (χ4n) is 8.54.